The Kier molecular flexibility index (Phi) is 3.86. The van der Waals surface area contributed by atoms with Gasteiger partial charge in [-0.25, -0.2) is 4.98 Å². The minimum atomic E-state index is -0.920. The first-order valence-electron chi connectivity index (χ1n) is 5.36. The second-order valence-electron chi connectivity index (χ2n) is 3.87. The van der Waals surface area contributed by atoms with Crippen LogP contribution in [-0.4, -0.2) is 28.0 Å². The molecule has 1 atom stereocenters. The molecule has 1 aliphatic heterocycles. The summed E-state index contributed by atoms with van der Waals surface area (Å²) in [7, 11) is -0.920. The molecule has 1 aromatic heterocycles. The lowest BCUT2D eigenvalue weighted by molar-refractivity contribution is 0.405. The Morgan fingerprint density at radius 1 is 1.40 bits per heavy atom. The quantitative estimate of drug-likeness (QED) is 0.838. The molecule has 0 aliphatic carbocycles. The van der Waals surface area contributed by atoms with E-state index in [1.807, 2.05) is 18.2 Å². The van der Waals surface area contributed by atoms with Gasteiger partial charge in [-0.3, -0.25) is 4.21 Å². The maximum absolute atomic E-state index is 11.9. The van der Waals surface area contributed by atoms with E-state index in [-0.39, 0.29) is 0 Å². The highest BCUT2D eigenvalue weighted by Gasteiger charge is 2.17. The number of nitrogens with one attached hydrogen (secondary N) is 1. The number of hydrogen-bond donors (Lipinski definition) is 1. The van der Waals surface area contributed by atoms with Crippen molar-refractivity contribution in [3.05, 3.63) is 24.4 Å². The fraction of sp³-hybridized carbons (Fsp3) is 0.545. The monoisotopic (exact) mass is 224 g/mol. The van der Waals surface area contributed by atoms with Gasteiger partial charge in [-0.2, -0.15) is 0 Å². The van der Waals surface area contributed by atoms with E-state index in [0.29, 0.717) is 5.92 Å². The first-order valence-corrected chi connectivity index (χ1v) is 6.68. The molecule has 4 heteroatoms. The van der Waals surface area contributed by atoms with Crippen LogP contribution >= 0.6 is 0 Å². The number of hydrogen-bond acceptors (Lipinski definition) is 3. The molecular formula is C11H16N2OS. The summed E-state index contributed by atoms with van der Waals surface area (Å²) in [4.78, 5) is 4.13. The summed E-state index contributed by atoms with van der Waals surface area (Å²) in [5, 5.41) is 4.03. The summed E-state index contributed by atoms with van der Waals surface area (Å²) in [5.41, 5.74) is 0. The van der Waals surface area contributed by atoms with Crippen LogP contribution in [0.1, 0.15) is 12.8 Å². The van der Waals surface area contributed by atoms with Crippen LogP contribution in [0, 0.1) is 5.92 Å². The number of rotatable bonds is 3. The van der Waals surface area contributed by atoms with E-state index in [9.17, 15) is 4.21 Å². The highest BCUT2D eigenvalue weighted by Crippen LogP contribution is 2.15. The smallest absolute Gasteiger partial charge is 0.127 e. The third kappa shape index (κ3) is 3.11. The molecule has 15 heavy (non-hydrogen) atoms. The summed E-state index contributed by atoms with van der Waals surface area (Å²) in [6, 6.07) is 5.59. The second-order valence-corrected chi connectivity index (χ2v) is 5.32. The van der Waals surface area contributed by atoms with Gasteiger partial charge in [-0.1, -0.05) is 6.07 Å². The number of piperidine rings is 1. The molecule has 0 radical (unpaired) electrons. The Labute approximate surface area is 92.8 Å². The number of pyridine rings is 1. The number of nitrogens with zero attached hydrogens (tertiary/aromatic N) is 1. The summed E-state index contributed by atoms with van der Waals surface area (Å²) in [6.45, 7) is 2.12. The minimum absolute atomic E-state index is 0.592. The average Bonchev–Trinajstić information content (AvgIpc) is 2.31. The molecule has 82 valence electrons. The molecule has 1 aliphatic rings. The SMILES string of the molecule is O=[S@](CC1CCNCC1)c1ccccn1. The third-order valence-electron chi connectivity index (χ3n) is 2.72. The Bertz CT molecular complexity index is 323. The highest BCUT2D eigenvalue weighted by molar-refractivity contribution is 7.84. The zero-order chi connectivity index (χ0) is 10.5. The third-order valence-corrected chi connectivity index (χ3v) is 4.20. The molecule has 2 heterocycles. The van der Waals surface area contributed by atoms with E-state index in [4.69, 9.17) is 0 Å². The van der Waals surface area contributed by atoms with E-state index >= 15 is 0 Å². The largest absolute Gasteiger partial charge is 0.317 e. The Balaban J connectivity index is 1.91. The van der Waals surface area contributed by atoms with E-state index in [1.165, 1.54) is 0 Å². The van der Waals surface area contributed by atoms with Crippen LogP contribution < -0.4 is 5.32 Å². The van der Waals surface area contributed by atoms with Gasteiger partial charge >= 0.3 is 0 Å². The van der Waals surface area contributed by atoms with Gasteiger partial charge < -0.3 is 5.32 Å². The van der Waals surface area contributed by atoms with Crippen molar-refractivity contribution >= 4 is 10.8 Å². The van der Waals surface area contributed by atoms with Crippen molar-refractivity contribution in [2.45, 2.75) is 17.9 Å². The molecule has 1 aromatic rings. The lowest BCUT2D eigenvalue weighted by Gasteiger charge is -2.21. The van der Waals surface area contributed by atoms with Gasteiger partial charge in [0.15, 0.2) is 0 Å². The molecule has 1 saturated heterocycles. The van der Waals surface area contributed by atoms with Gasteiger partial charge in [-0.05, 0) is 44.0 Å². The second kappa shape index (κ2) is 5.37. The van der Waals surface area contributed by atoms with Crippen molar-refractivity contribution in [2.75, 3.05) is 18.8 Å². The molecule has 0 amide bonds. The van der Waals surface area contributed by atoms with Crippen LogP contribution in [0.2, 0.25) is 0 Å². The van der Waals surface area contributed by atoms with Gasteiger partial charge in [0.05, 0.1) is 10.8 Å². The minimum Gasteiger partial charge on any atom is -0.317 e. The first kappa shape index (κ1) is 10.8. The molecule has 1 N–H and O–H groups in total. The average molecular weight is 224 g/mol. The zero-order valence-corrected chi connectivity index (χ0v) is 9.50. The molecule has 0 saturated carbocycles. The maximum atomic E-state index is 11.9. The van der Waals surface area contributed by atoms with Crippen molar-refractivity contribution in [2.24, 2.45) is 5.92 Å². The summed E-state index contributed by atoms with van der Waals surface area (Å²) in [5.74, 6) is 1.35. The topological polar surface area (TPSA) is 42.0 Å². The molecule has 0 unspecified atom stereocenters. The van der Waals surface area contributed by atoms with Gasteiger partial charge in [0, 0.05) is 11.9 Å². The fourth-order valence-electron chi connectivity index (χ4n) is 1.83. The van der Waals surface area contributed by atoms with E-state index < -0.39 is 10.8 Å². The van der Waals surface area contributed by atoms with Crippen molar-refractivity contribution in [3.63, 3.8) is 0 Å². The molecule has 0 bridgehead atoms. The Morgan fingerprint density at radius 2 is 2.20 bits per heavy atom. The van der Waals surface area contributed by atoms with Crippen molar-refractivity contribution < 1.29 is 4.21 Å². The molecule has 2 rings (SSSR count). The van der Waals surface area contributed by atoms with E-state index in [1.54, 1.807) is 6.20 Å². The van der Waals surface area contributed by atoms with Crippen molar-refractivity contribution in [1.82, 2.24) is 10.3 Å². The normalized spacial score (nSPS) is 20.0. The fourth-order valence-corrected chi connectivity index (χ4v) is 3.17. The molecule has 1 fully saturated rings. The highest BCUT2D eigenvalue weighted by atomic mass is 32.2. The Hall–Kier alpha value is -0.740. The summed E-state index contributed by atoms with van der Waals surface area (Å²) < 4.78 is 11.9. The van der Waals surface area contributed by atoms with Crippen LogP contribution in [-0.2, 0) is 10.8 Å². The lowest BCUT2D eigenvalue weighted by Crippen LogP contribution is -2.30. The van der Waals surface area contributed by atoms with Crippen molar-refractivity contribution in [1.29, 1.82) is 0 Å². The van der Waals surface area contributed by atoms with Gasteiger partial charge in [0.2, 0.25) is 0 Å². The van der Waals surface area contributed by atoms with Gasteiger partial charge in [0.1, 0.15) is 5.03 Å². The molecule has 0 spiro atoms. The van der Waals surface area contributed by atoms with Crippen molar-refractivity contribution in [3.8, 4) is 0 Å². The lowest BCUT2D eigenvalue weighted by atomic mass is 10.0. The summed E-state index contributed by atoms with van der Waals surface area (Å²) >= 11 is 0. The molecule has 0 aromatic carbocycles. The van der Waals surface area contributed by atoms with Crippen LogP contribution in [0.5, 0.6) is 0 Å². The van der Waals surface area contributed by atoms with Crippen LogP contribution in [0.25, 0.3) is 0 Å². The molecule has 3 nitrogen and oxygen atoms in total. The zero-order valence-electron chi connectivity index (χ0n) is 8.69. The standard InChI is InChI=1S/C11H16N2OS/c14-15(11-3-1-2-6-13-11)9-10-4-7-12-8-5-10/h1-3,6,10,12H,4-5,7-9H2/t15-/m1/s1. The van der Waals surface area contributed by atoms with E-state index in [0.717, 1.165) is 36.7 Å². The predicted molar refractivity (Wildman–Crippen MR) is 61.1 cm³/mol. The van der Waals surface area contributed by atoms with Crippen LogP contribution in [0.3, 0.4) is 0 Å². The Morgan fingerprint density at radius 3 is 2.87 bits per heavy atom. The van der Waals surface area contributed by atoms with Crippen LogP contribution in [0.4, 0.5) is 0 Å². The van der Waals surface area contributed by atoms with Gasteiger partial charge in [0.25, 0.3) is 0 Å². The van der Waals surface area contributed by atoms with Crippen LogP contribution in [0.15, 0.2) is 29.4 Å². The number of aromatic nitrogens is 1. The summed E-state index contributed by atoms with van der Waals surface area (Å²) in [6.07, 6.45) is 3.98. The molecular weight excluding hydrogens is 208 g/mol. The maximum Gasteiger partial charge on any atom is 0.127 e. The van der Waals surface area contributed by atoms with E-state index in [2.05, 4.69) is 10.3 Å². The predicted octanol–water partition coefficient (Wildman–Crippen LogP) is 1.19. The van der Waals surface area contributed by atoms with Gasteiger partial charge in [-0.15, -0.1) is 0 Å². The first-order chi connectivity index (χ1) is 7.36.